The van der Waals surface area contributed by atoms with Gasteiger partial charge in [-0.15, -0.1) is 0 Å². The molecule has 1 unspecified atom stereocenters. The molecule has 5 heteroatoms. The maximum atomic E-state index is 13.3. The fourth-order valence-corrected chi connectivity index (χ4v) is 5.17. The summed E-state index contributed by atoms with van der Waals surface area (Å²) in [5.74, 6) is 1.15. The predicted octanol–water partition coefficient (Wildman–Crippen LogP) is 3.38. The van der Waals surface area contributed by atoms with Gasteiger partial charge in [0.05, 0.1) is 19.2 Å². The molecule has 3 aliphatic heterocycles. The lowest BCUT2D eigenvalue weighted by atomic mass is 9.82. The Kier molecular flexibility index (Phi) is 4.22. The van der Waals surface area contributed by atoms with E-state index < -0.39 is 0 Å². The molecule has 26 heavy (non-hydrogen) atoms. The van der Waals surface area contributed by atoms with Gasteiger partial charge in [-0.1, -0.05) is 19.1 Å². The van der Waals surface area contributed by atoms with Crippen LogP contribution in [0.2, 0.25) is 0 Å². The van der Waals surface area contributed by atoms with Crippen LogP contribution >= 0.6 is 0 Å². The summed E-state index contributed by atoms with van der Waals surface area (Å²) >= 11 is 0. The third-order valence-electron chi connectivity index (χ3n) is 6.28. The van der Waals surface area contributed by atoms with Crippen molar-refractivity contribution in [2.24, 2.45) is 0 Å². The average Bonchev–Trinajstić information content (AvgIpc) is 2.75. The van der Waals surface area contributed by atoms with Gasteiger partial charge in [0, 0.05) is 23.7 Å². The first-order valence-electron chi connectivity index (χ1n) is 9.71. The highest BCUT2D eigenvalue weighted by Gasteiger charge is 2.53. The van der Waals surface area contributed by atoms with Crippen molar-refractivity contribution in [3.63, 3.8) is 0 Å². The number of allylic oxidation sites excluding steroid dienone is 1. The maximum Gasteiger partial charge on any atom is 0.325 e. The topological polar surface area (TPSA) is 44.8 Å². The van der Waals surface area contributed by atoms with Crippen molar-refractivity contribution in [2.75, 3.05) is 26.7 Å². The summed E-state index contributed by atoms with van der Waals surface area (Å²) in [5, 5.41) is 3.46. The van der Waals surface area contributed by atoms with Gasteiger partial charge < -0.3 is 15.0 Å². The fourth-order valence-electron chi connectivity index (χ4n) is 5.17. The van der Waals surface area contributed by atoms with E-state index in [1.54, 1.807) is 7.11 Å². The van der Waals surface area contributed by atoms with Crippen LogP contribution in [0.5, 0.6) is 5.75 Å². The first-order valence-corrected chi connectivity index (χ1v) is 9.71. The summed E-state index contributed by atoms with van der Waals surface area (Å²) in [7, 11) is 1.74. The highest BCUT2D eigenvalue weighted by atomic mass is 16.5. The number of hydrogen-bond acceptors (Lipinski definition) is 3. The number of likely N-dealkylation sites (N-methyl/N-ethyl adjacent to an activating group) is 1. The quantitative estimate of drug-likeness (QED) is 0.884. The monoisotopic (exact) mass is 355 g/mol. The Hall–Kier alpha value is -2.01. The van der Waals surface area contributed by atoms with Crippen molar-refractivity contribution in [3.8, 4) is 5.75 Å². The van der Waals surface area contributed by atoms with Crippen molar-refractivity contribution >= 4 is 6.03 Å². The Labute approximate surface area is 156 Å². The Morgan fingerprint density at radius 2 is 2.04 bits per heavy atom. The molecule has 3 aliphatic rings. The molecule has 1 aromatic rings. The van der Waals surface area contributed by atoms with E-state index in [9.17, 15) is 4.79 Å². The summed E-state index contributed by atoms with van der Waals surface area (Å²) < 4.78 is 5.69. The second kappa shape index (κ2) is 6.31. The molecular weight excluding hydrogens is 326 g/mol. The molecule has 2 saturated heterocycles. The number of carbonyl (C=O) groups is 1. The number of benzene rings is 1. The number of rotatable bonds is 2. The van der Waals surface area contributed by atoms with Crippen LogP contribution in [0.25, 0.3) is 0 Å². The van der Waals surface area contributed by atoms with Crippen molar-refractivity contribution in [2.45, 2.75) is 51.6 Å². The van der Waals surface area contributed by atoms with Crippen LogP contribution in [-0.4, -0.2) is 48.1 Å². The Morgan fingerprint density at radius 1 is 1.31 bits per heavy atom. The van der Waals surface area contributed by atoms with E-state index in [0.29, 0.717) is 6.54 Å². The van der Waals surface area contributed by atoms with Crippen LogP contribution in [0.3, 0.4) is 0 Å². The number of nitrogens with zero attached hydrogens (tertiary/aromatic N) is 2. The number of piperidine rings is 1. The lowest BCUT2D eigenvalue weighted by molar-refractivity contribution is 0.141. The molecule has 1 atom stereocenters. The standard InChI is InChI=1S/C21H29N3O2/c1-5-24-20(25)23-13-16-10-14(2)11-17(26-4)19(16)15(3)12-18(23)21(24)6-8-22-9-7-21/h10-12,15,22H,5-9,13H2,1-4H3. The molecule has 2 fully saturated rings. The van der Waals surface area contributed by atoms with Crippen molar-refractivity contribution in [3.05, 3.63) is 40.6 Å². The molecule has 2 amide bonds. The van der Waals surface area contributed by atoms with Crippen molar-refractivity contribution < 1.29 is 9.53 Å². The van der Waals surface area contributed by atoms with Gasteiger partial charge in [-0.2, -0.15) is 0 Å². The number of fused-ring (bicyclic) bond motifs is 3. The van der Waals surface area contributed by atoms with Crippen LogP contribution in [0.4, 0.5) is 4.79 Å². The molecule has 0 aliphatic carbocycles. The minimum absolute atomic E-state index is 0.154. The smallest absolute Gasteiger partial charge is 0.325 e. The van der Waals surface area contributed by atoms with Gasteiger partial charge in [-0.25, -0.2) is 4.79 Å². The lowest BCUT2D eigenvalue weighted by Gasteiger charge is -2.41. The zero-order chi connectivity index (χ0) is 18.5. The fraction of sp³-hybridized carbons (Fsp3) is 0.571. The van der Waals surface area contributed by atoms with Crippen LogP contribution in [0.1, 0.15) is 49.3 Å². The van der Waals surface area contributed by atoms with Gasteiger partial charge >= 0.3 is 6.03 Å². The summed E-state index contributed by atoms with van der Waals surface area (Å²) in [5.41, 5.74) is 4.65. The first-order chi connectivity index (χ1) is 12.5. The largest absolute Gasteiger partial charge is 0.496 e. The molecule has 0 bridgehead atoms. The molecule has 4 rings (SSSR count). The Balaban J connectivity index is 1.87. The first kappa shape index (κ1) is 17.4. The van der Waals surface area contributed by atoms with E-state index in [1.165, 1.54) is 22.4 Å². The molecule has 0 radical (unpaired) electrons. The summed E-state index contributed by atoms with van der Waals surface area (Å²) in [6.45, 7) is 9.71. The molecule has 1 N–H and O–H groups in total. The number of nitrogens with one attached hydrogen (secondary N) is 1. The van der Waals surface area contributed by atoms with E-state index in [2.05, 4.69) is 49.2 Å². The molecule has 1 spiro atoms. The van der Waals surface area contributed by atoms with E-state index in [-0.39, 0.29) is 17.5 Å². The third kappa shape index (κ3) is 2.37. The van der Waals surface area contributed by atoms with Crippen LogP contribution < -0.4 is 10.1 Å². The summed E-state index contributed by atoms with van der Waals surface area (Å²) in [4.78, 5) is 17.4. The van der Waals surface area contributed by atoms with Gasteiger partial charge in [-0.05, 0) is 57.0 Å². The number of aryl methyl sites for hydroxylation is 1. The van der Waals surface area contributed by atoms with Crippen LogP contribution in [-0.2, 0) is 6.54 Å². The predicted molar refractivity (Wildman–Crippen MR) is 102 cm³/mol. The second-order valence-corrected chi connectivity index (χ2v) is 7.78. The van der Waals surface area contributed by atoms with Gasteiger partial charge in [0.25, 0.3) is 0 Å². The van der Waals surface area contributed by atoms with E-state index in [0.717, 1.165) is 38.2 Å². The molecule has 0 aromatic heterocycles. The average molecular weight is 355 g/mol. The zero-order valence-corrected chi connectivity index (χ0v) is 16.3. The molecule has 5 nitrogen and oxygen atoms in total. The van der Waals surface area contributed by atoms with Gasteiger partial charge in [0.15, 0.2) is 0 Å². The van der Waals surface area contributed by atoms with Crippen molar-refractivity contribution in [1.29, 1.82) is 0 Å². The molecule has 3 heterocycles. The second-order valence-electron chi connectivity index (χ2n) is 7.78. The SMILES string of the molecule is CCN1C(=O)N2Cc3cc(C)cc(OC)c3C(C)C=C2C12CCNCC2. The summed E-state index contributed by atoms with van der Waals surface area (Å²) in [6, 6.07) is 4.47. The highest BCUT2D eigenvalue weighted by Crippen LogP contribution is 2.47. The number of carbonyl (C=O) groups excluding carboxylic acids is 1. The number of methoxy groups -OCH3 is 1. The number of ether oxygens (including phenoxy) is 1. The lowest BCUT2D eigenvalue weighted by Crippen LogP contribution is -2.52. The number of urea groups is 1. The maximum absolute atomic E-state index is 13.3. The molecule has 1 aromatic carbocycles. The van der Waals surface area contributed by atoms with E-state index >= 15 is 0 Å². The minimum Gasteiger partial charge on any atom is -0.496 e. The normalized spacial score (nSPS) is 24.2. The van der Waals surface area contributed by atoms with E-state index in [1.807, 2.05) is 4.90 Å². The van der Waals surface area contributed by atoms with E-state index in [4.69, 9.17) is 4.74 Å². The summed E-state index contributed by atoms with van der Waals surface area (Å²) in [6.07, 6.45) is 4.28. The van der Waals surface area contributed by atoms with Gasteiger partial charge in [0.2, 0.25) is 0 Å². The van der Waals surface area contributed by atoms with Crippen LogP contribution in [0, 0.1) is 6.92 Å². The highest BCUT2D eigenvalue weighted by molar-refractivity contribution is 5.83. The molecule has 140 valence electrons. The Bertz CT molecular complexity index is 765. The number of amides is 2. The molecular formula is C21H29N3O2. The number of hydrogen-bond donors (Lipinski definition) is 1. The van der Waals surface area contributed by atoms with Crippen LogP contribution in [0.15, 0.2) is 23.9 Å². The van der Waals surface area contributed by atoms with Crippen molar-refractivity contribution in [1.82, 2.24) is 15.1 Å². The zero-order valence-electron chi connectivity index (χ0n) is 16.3. The third-order valence-corrected chi connectivity index (χ3v) is 6.28. The Morgan fingerprint density at radius 3 is 2.69 bits per heavy atom. The molecule has 0 saturated carbocycles. The minimum atomic E-state index is -0.157. The van der Waals surface area contributed by atoms with Gasteiger partial charge in [0.1, 0.15) is 5.75 Å². The van der Waals surface area contributed by atoms with Gasteiger partial charge in [-0.3, -0.25) is 4.90 Å².